The Kier molecular flexibility index (Phi) is 4.66. The Balaban J connectivity index is 1.39. The van der Waals surface area contributed by atoms with Crippen molar-refractivity contribution in [3.05, 3.63) is 60.6 Å². The molecule has 3 aromatic rings. The maximum Gasteiger partial charge on any atom is 0.119 e. The van der Waals surface area contributed by atoms with Crippen LogP contribution in [0.1, 0.15) is 18.4 Å². The van der Waals surface area contributed by atoms with E-state index in [9.17, 15) is 5.11 Å². The topological polar surface area (TPSA) is 50.5 Å². The predicted molar refractivity (Wildman–Crippen MR) is 102 cm³/mol. The molecule has 136 valence electrons. The van der Waals surface area contributed by atoms with Gasteiger partial charge in [0.1, 0.15) is 5.75 Å². The first kappa shape index (κ1) is 17.1. The maximum absolute atomic E-state index is 11.1. The Labute approximate surface area is 153 Å². The number of aliphatic hydroxyl groups is 1. The molecule has 2 aromatic heterocycles. The highest BCUT2D eigenvalue weighted by Gasteiger charge is 2.32. The first-order valence-corrected chi connectivity index (χ1v) is 9.12. The summed E-state index contributed by atoms with van der Waals surface area (Å²) in [7, 11) is 1.70. The first-order chi connectivity index (χ1) is 12.6. The lowest BCUT2D eigenvalue weighted by molar-refractivity contribution is -0.0349. The number of fused-ring (bicyclic) bond motifs is 1. The normalized spacial score (nSPS) is 17.5. The number of nitrogens with zero attached hydrogens (tertiary/aromatic N) is 3. The van der Waals surface area contributed by atoms with E-state index in [2.05, 4.69) is 32.7 Å². The summed E-state index contributed by atoms with van der Waals surface area (Å²) in [6.07, 6.45) is 7.27. The van der Waals surface area contributed by atoms with Crippen LogP contribution in [0.3, 0.4) is 0 Å². The van der Waals surface area contributed by atoms with Crippen LogP contribution < -0.4 is 4.74 Å². The number of benzene rings is 1. The summed E-state index contributed by atoms with van der Waals surface area (Å²) in [4.78, 5) is 6.61. The minimum atomic E-state index is -0.660. The minimum absolute atomic E-state index is 0.620. The second-order valence-electron chi connectivity index (χ2n) is 7.23. The summed E-state index contributed by atoms with van der Waals surface area (Å²) in [6.45, 7) is 3.30. The molecule has 0 amide bonds. The van der Waals surface area contributed by atoms with Gasteiger partial charge in [0.25, 0.3) is 0 Å². The van der Waals surface area contributed by atoms with E-state index in [0.29, 0.717) is 6.54 Å². The lowest BCUT2D eigenvalue weighted by atomic mass is 9.91. The zero-order valence-electron chi connectivity index (χ0n) is 15.1. The van der Waals surface area contributed by atoms with Gasteiger partial charge in [0.15, 0.2) is 0 Å². The van der Waals surface area contributed by atoms with Crippen molar-refractivity contribution in [3.8, 4) is 5.75 Å². The number of hydrogen-bond donors (Lipinski definition) is 1. The average molecular weight is 351 g/mol. The van der Waals surface area contributed by atoms with Gasteiger partial charge >= 0.3 is 0 Å². The molecule has 1 fully saturated rings. The minimum Gasteiger partial charge on any atom is -0.497 e. The molecule has 5 nitrogen and oxygen atoms in total. The van der Waals surface area contributed by atoms with E-state index < -0.39 is 5.60 Å². The largest absolute Gasteiger partial charge is 0.497 e. The monoisotopic (exact) mass is 351 g/mol. The second kappa shape index (κ2) is 7.09. The molecule has 0 radical (unpaired) electrons. The lowest BCUT2D eigenvalue weighted by Crippen LogP contribution is -2.46. The zero-order valence-corrected chi connectivity index (χ0v) is 15.1. The third kappa shape index (κ3) is 3.59. The van der Waals surface area contributed by atoms with Crippen LogP contribution in [0.25, 0.3) is 10.9 Å². The van der Waals surface area contributed by atoms with Gasteiger partial charge in [-0.25, -0.2) is 0 Å². The molecule has 3 heterocycles. The first-order valence-electron chi connectivity index (χ1n) is 9.12. The Morgan fingerprint density at radius 2 is 2.04 bits per heavy atom. The van der Waals surface area contributed by atoms with E-state index in [-0.39, 0.29) is 0 Å². The summed E-state index contributed by atoms with van der Waals surface area (Å²) >= 11 is 0. The van der Waals surface area contributed by atoms with Crippen LogP contribution in [0.2, 0.25) is 0 Å². The van der Waals surface area contributed by atoms with Crippen molar-refractivity contribution in [2.75, 3.05) is 20.2 Å². The number of rotatable bonds is 5. The smallest absolute Gasteiger partial charge is 0.119 e. The van der Waals surface area contributed by atoms with Gasteiger partial charge in [-0.3, -0.25) is 9.88 Å². The lowest BCUT2D eigenvalue weighted by Gasteiger charge is -2.38. The molecule has 1 aromatic carbocycles. The Morgan fingerprint density at radius 3 is 2.85 bits per heavy atom. The van der Waals surface area contributed by atoms with Crippen LogP contribution in [0.5, 0.6) is 5.75 Å². The van der Waals surface area contributed by atoms with Gasteiger partial charge in [-0.1, -0.05) is 12.1 Å². The molecule has 0 atom stereocenters. The van der Waals surface area contributed by atoms with Gasteiger partial charge < -0.3 is 14.4 Å². The summed E-state index contributed by atoms with van der Waals surface area (Å²) in [5.41, 5.74) is 1.67. The molecule has 0 bridgehead atoms. The molecular formula is C21H25N3O2. The molecular weight excluding hydrogens is 326 g/mol. The third-order valence-corrected chi connectivity index (χ3v) is 5.37. The quantitative estimate of drug-likeness (QED) is 0.767. The van der Waals surface area contributed by atoms with Gasteiger partial charge in [-0.05, 0) is 42.7 Å². The number of ether oxygens (including phenoxy) is 1. The summed E-state index contributed by atoms with van der Waals surface area (Å²) in [6, 6.07) is 12.3. The van der Waals surface area contributed by atoms with Crippen LogP contribution in [0.4, 0.5) is 0 Å². The predicted octanol–water partition coefficient (Wildman–Crippen LogP) is 3.07. The summed E-state index contributed by atoms with van der Waals surface area (Å²) in [5.74, 6) is 0.893. The van der Waals surface area contributed by atoms with E-state index in [1.165, 1.54) is 10.9 Å². The van der Waals surface area contributed by atoms with Gasteiger partial charge in [0, 0.05) is 37.4 Å². The summed E-state index contributed by atoms with van der Waals surface area (Å²) in [5, 5.41) is 12.2. The fraction of sp³-hybridized carbons (Fsp3) is 0.381. The van der Waals surface area contributed by atoms with Crippen molar-refractivity contribution < 1.29 is 9.84 Å². The number of likely N-dealkylation sites (tertiary alicyclic amines) is 1. The van der Waals surface area contributed by atoms with E-state index in [0.717, 1.165) is 43.7 Å². The fourth-order valence-corrected chi connectivity index (χ4v) is 3.80. The van der Waals surface area contributed by atoms with Crippen molar-refractivity contribution in [2.45, 2.75) is 31.5 Å². The highest BCUT2D eigenvalue weighted by Crippen LogP contribution is 2.27. The van der Waals surface area contributed by atoms with Crippen molar-refractivity contribution in [1.29, 1.82) is 0 Å². The average Bonchev–Trinajstić information content (AvgIpc) is 3.07. The van der Waals surface area contributed by atoms with Crippen LogP contribution in [0, 0.1) is 0 Å². The molecule has 1 saturated heterocycles. The van der Waals surface area contributed by atoms with Gasteiger partial charge in [-0.2, -0.15) is 0 Å². The van der Waals surface area contributed by atoms with Crippen LogP contribution in [-0.2, 0) is 13.1 Å². The molecule has 0 spiro atoms. The Hall–Kier alpha value is -2.37. The van der Waals surface area contributed by atoms with Crippen LogP contribution in [0.15, 0.2) is 55.0 Å². The molecule has 0 saturated carbocycles. The number of hydrogen-bond acceptors (Lipinski definition) is 4. The van der Waals surface area contributed by atoms with E-state index in [4.69, 9.17) is 4.74 Å². The van der Waals surface area contributed by atoms with Crippen molar-refractivity contribution >= 4 is 10.9 Å². The maximum atomic E-state index is 11.1. The third-order valence-electron chi connectivity index (χ3n) is 5.37. The number of methoxy groups -OCH3 is 1. The highest BCUT2D eigenvalue weighted by molar-refractivity contribution is 5.78. The molecule has 1 N–H and O–H groups in total. The Bertz CT molecular complexity index is 882. The molecule has 26 heavy (non-hydrogen) atoms. The van der Waals surface area contributed by atoms with Gasteiger partial charge in [-0.15, -0.1) is 0 Å². The SMILES string of the molecule is COc1cccc(CN2CCC(O)(Cn3ccc4ccncc43)CC2)c1. The van der Waals surface area contributed by atoms with Crippen LogP contribution >= 0.6 is 0 Å². The van der Waals surface area contributed by atoms with E-state index in [1.54, 1.807) is 13.3 Å². The molecule has 0 unspecified atom stereocenters. The molecule has 1 aliphatic heterocycles. The molecule has 1 aliphatic rings. The van der Waals surface area contributed by atoms with Crippen molar-refractivity contribution in [3.63, 3.8) is 0 Å². The molecule has 0 aliphatic carbocycles. The second-order valence-corrected chi connectivity index (χ2v) is 7.23. The van der Waals surface area contributed by atoms with Crippen LogP contribution in [-0.4, -0.2) is 45.4 Å². The number of aromatic nitrogens is 2. The number of pyridine rings is 1. The molecule has 4 rings (SSSR count). The van der Waals surface area contributed by atoms with Crippen molar-refractivity contribution in [2.24, 2.45) is 0 Å². The Morgan fingerprint density at radius 1 is 1.19 bits per heavy atom. The van der Waals surface area contributed by atoms with Gasteiger partial charge in [0.05, 0.1) is 31.0 Å². The molecule has 5 heteroatoms. The zero-order chi connectivity index (χ0) is 18.0. The number of piperidine rings is 1. The highest BCUT2D eigenvalue weighted by atomic mass is 16.5. The standard InChI is InChI=1S/C21H25N3O2/c1-26-19-4-2-3-17(13-19)15-23-11-7-21(25,8-12-23)16-24-10-6-18-5-9-22-14-20(18)24/h2-6,9-10,13-14,25H,7-8,11-12,15-16H2,1H3. The van der Waals surface area contributed by atoms with Crippen molar-refractivity contribution in [1.82, 2.24) is 14.5 Å². The fourth-order valence-electron chi connectivity index (χ4n) is 3.80. The van der Waals surface area contributed by atoms with E-state index in [1.807, 2.05) is 30.6 Å². The van der Waals surface area contributed by atoms with E-state index >= 15 is 0 Å². The van der Waals surface area contributed by atoms with Gasteiger partial charge in [0.2, 0.25) is 0 Å². The summed E-state index contributed by atoms with van der Waals surface area (Å²) < 4.78 is 7.43.